The van der Waals surface area contributed by atoms with Crippen molar-refractivity contribution in [1.29, 1.82) is 0 Å². The molecule has 0 radical (unpaired) electrons. The molecule has 0 nitrogen and oxygen atoms in total. The van der Waals surface area contributed by atoms with Crippen LogP contribution in [0.3, 0.4) is 0 Å². The molecule has 0 aliphatic rings. The molecule has 0 aromatic carbocycles. The van der Waals surface area contributed by atoms with Crippen molar-refractivity contribution in [3.05, 3.63) is 0 Å². The Bertz CT molecular complexity index is 2000. The van der Waals surface area contributed by atoms with Crippen LogP contribution in [0.15, 0.2) is 0 Å². The molecular weight excluding hydrogens is 1400 g/mol. The molecule has 0 saturated carbocycles. The molecule has 52 heteroatoms. The lowest BCUT2D eigenvalue weighted by atomic mass is 9.88. The van der Waals surface area contributed by atoms with Crippen LogP contribution in [-0.2, 0) is 0 Å². The van der Waals surface area contributed by atoms with E-state index in [0.717, 1.165) is 0 Å². The van der Waals surface area contributed by atoms with Crippen LogP contribution in [0.25, 0.3) is 0 Å². The molecule has 0 saturated heterocycles. The van der Waals surface area contributed by atoms with Crippen LogP contribution in [0.4, 0.5) is 224 Å². The molecule has 0 aliphatic heterocycles. The molecule has 0 aromatic heterocycles. The molecule has 0 N–H and O–H groups in total. The molecule has 0 atom stereocenters. The van der Waals surface area contributed by atoms with Gasteiger partial charge in [0.1, 0.15) is 0 Å². The maximum Gasteiger partial charge on any atom is 0.460 e. The molecule has 512 valence electrons. The minimum atomic E-state index is -9.37. The average molecular weight is 1410 g/mol. The van der Waals surface area contributed by atoms with Crippen LogP contribution in [-0.4, -0.2) is 161 Å². The van der Waals surface area contributed by atoms with Gasteiger partial charge in [-0.25, -0.2) is 0 Å². The lowest BCUT2D eigenvalue weighted by molar-refractivity contribution is -0.461. The summed E-state index contributed by atoms with van der Waals surface area (Å²) in [5, 5.41) is 0. The molecule has 0 bridgehead atoms. The van der Waals surface area contributed by atoms with Gasteiger partial charge in [0.15, 0.2) is 0 Å². The van der Waals surface area contributed by atoms with Crippen LogP contribution in [0, 0.1) is 0 Å². The monoisotopic (exact) mass is 1410 g/mol. The molecular formula is C33H18F51P. The summed E-state index contributed by atoms with van der Waals surface area (Å²) >= 11 is 0. The molecule has 0 fully saturated rings. The summed E-state index contributed by atoms with van der Waals surface area (Å²) in [4.78, 5) is 0. The highest BCUT2D eigenvalue weighted by Crippen LogP contribution is 2.69. The molecule has 0 amide bonds. The van der Waals surface area contributed by atoms with E-state index in [4.69, 9.17) is 0 Å². The van der Waals surface area contributed by atoms with E-state index < -0.39 is 208 Å². The number of hydrogen-bond acceptors (Lipinski definition) is 0. The highest BCUT2D eigenvalue weighted by atomic mass is 31.1. The Morgan fingerprint density at radius 3 is 0.365 bits per heavy atom. The molecule has 0 spiro atoms. The third-order valence-electron chi connectivity index (χ3n) is 11.3. The van der Waals surface area contributed by atoms with Crippen molar-refractivity contribution in [1.82, 2.24) is 0 Å². The third-order valence-corrected chi connectivity index (χ3v) is 14.1. The van der Waals surface area contributed by atoms with Crippen LogP contribution < -0.4 is 0 Å². The summed E-state index contributed by atoms with van der Waals surface area (Å²) in [5.41, 5.74) is 0. The number of alkyl halides is 51. The predicted octanol–water partition coefficient (Wildman–Crippen LogP) is 19.8. The maximum atomic E-state index is 14.5. The van der Waals surface area contributed by atoms with Crippen molar-refractivity contribution in [3.8, 4) is 0 Å². The van der Waals surface area contributed by atoms with Crippen molar-refractivity contribution in [3.63, 3.8) is 0 Å². The standard InChI is InChI=1S/C33H18F51P/c34-10(35,13(40,41)16(46,47)19(52,53)22(58,59)25(64,65)28(70,71)31(76,77)78)4-1-7-85(8-2-5-11(36,37)14(42,43)17(48,49)20(54,55)23(60,61)26(66,67)29(72,73)32(79,80)81)9-3-6-12(38,39)15(44,45)18(50,51)21(56,57)24(62,63)27(68,69)30(74,75)33(82,83)84/h1-9H2. The van der Waals surface area contributed by atoms with Gasteiger partial charge in [0.2, 0.25) is 0 Å². The van der Waals surface area contributed by atoms with Gasteiger partial charge in [-0.3, -0.25) is 0 Å². The Morgan fingerprint density at radius 2 is 0.247 bits per heavy atom. The lowest BCUT2D eigenvalue weighted by Crippen LogP contribution is -2.74. The van der Waals surface area contributed by atoms with Gasteiger partial charge in [-0.05, 0) is 37.7 Å². The van der Waals surface area contributed by atoms with Gasteiger partial charge in [-0.15, -0.1) is 7.92 Å². The van der Waals surface area contributed by atoms with E-state index in [1.165, 1.54) is 0 Å². The molecule has 0 aromatic rings. The van der Waals surface area contributed by atoms with E-state index in [2.05, 4.69) is 0 Å². The number of halogens is 51. The SMILES string of the molecule is FC(F)(F)C(F)(F)C(F)(F)C(F)(F)C(F)(F)C(F)(F)C(F)(F)C(F)(F)CCCP(CCCC(F)(F)C(F)(F)C(F)(F)C(F)(F)C(F)(F)C(F)(F)C(F)(F)C(F)(F)F)CCCC(F)(F)C(F)(F)C(F)(F)C(F)(F)C(F)(F)C(F)(F)C(F)(F)C(F)(F)F. The zero-order chi connectivity index (χ0) is 69.9. The van der Waals surface area contributed by atoms with Crippen LogP contribution >= 0.6 is 7.92 Å². The van der Waals surface area contributed by atoms with E-state index >= 15 is 0 Å². The second-order valence-corrected chi connectivity index (χ2v) is 19.8. The zero-order valence-corrected chi connectivity index (χ0v) is 39.0. The predicted molar refractivity (Wildman–Crippen MR) is 171 cm³/mol. The number of hydrogen-bond donors (Lipinski definition) is 0. The van der Waals surface area contributed by atoms with Gasteiger partial charge in [0.05, 0.1) is 0 Å². The van der Waals surface area contributed by atoms with E-state index in [1.54, 1.807) is 0 Å². The topological polar surface area (TPSA) is 0 Å². The maximum absolute atomic E-state index is 14.5. The van der Waals surface area contributed by atoms with Crippen molar-refractivity contribution in [2.45, 2.75) is 181 Å². The van der Waals surface area contributed by atoms with Crippen molar-refractivity contribution >= 4 is 7.92 Å². The highest BCUT2D eigenvalue weighted by Gasteiger charge is 2.98. The van der Waals surface area contributed by atoms with Gasteiger partial charge in [-0.1, -0.05) is 0 Å². The van der Waals surface area contributed by atoms with Gasteiger partial charge in [-0.2, -0.15) is 224 Å². The van der Waals surface area contributed by atoms with Crippen molar-refractivity contribution in [2.24, 2.45) is 0 Å². The molecule has 0 aliphatic carbocycles. The average Bonchev–Trinajstić information content (AvgIpc) is 3.26. The quantitative estimate of drug-likeness (QED) is 0.0497. The first-order valence-corrected chi connectivity index (χ1v) is 21.8. The van der Waals surface area contributed by atoms with E-state index in [0.29, 0.717) is 0 Å². The Labute approximate surface area is 432 Å². The van der Waals surface area contributed by atoms with Crippen molar-refractivity contribution < 1.29 is 224 Å². The summed E-state index contributed by atoms with van der Waals surface area (Å²) in [6.45, 7) is 0. The summed E-state index contributed by atoms with van der Waals surface area (Å²) in [7, 11) is -4.12. The van der Waals surface area contributed by atoms with E-state index in [9.17, 15) is 224 Å². The highest BCUT2D eigenvalue weighted by molar-refractivity contribution is 7.57. The van der Waals surface area contributed by atoms with Crippen LogP contribution in [0.2, 0.25) is 0 Å². The molecule has 0 unspecified atom stereocenters. The van der Waals surface area contributed by atoms with Crippen molar-refractivity contribution in [2.75, 3.05) is 18.5 Å². The van der Waals surface area contributed by atoms with Crippen LogP contribution in [0.1, 0.15) is 38.5 Å². The Balaban J connectivity index is 7.65. The first-order chi connectivity index (χ1) is 36.0. The molecule has 0 rings (SSSR count). The summed E-state index contributed by atoms with van der Waals surface area (Å²) in [6, 6.07) is 0. The summed E-state index contributed by atoms with van der Waals surface area (Å²) in [6.07, 6.45) is -52.0. The van der Waals surface area contributed by atoms with Crippen LogP contribution in [0.5, 0.6) is 0 Å². The van der Waals surface area contributed by atoms with Gasteiger partial charge < -0.3 is 0 Å². The zero-order valence-electron chi connectivity index (χ0n) is 38.1. The Hall–Kier alpha value is -3.14. The third kappa shape index (κ3) is 11.8. The van der Waals surface area contributed by atoms with E-state index in [-0.39, 0.29) is 0 Å². The fourth-order valence-electron chi connectivity index (χ4n) is 5.97. The summed E-state index contributed by atoms with van der Waals surface area (Å²) < 4.78 is 695. The molecule has 85 heavy (non-hydrogen) atoms. The largest absolute Gasteiger partial charge is 0.460 e. The first-order valence-electron chi connectivity index (χ1n) is 19.9. The first kappa shape index (κ1) is 81.9. The van der Waals surface area contributed by atoms with Gasteiger partial charge >= 0.3 is 143 Å². The fraction of sp³-hybridized carbons (Fsp3) is 1.00. The minimum absolute atomic E-state index is 2.44. The fourth-order valence-corrected chi connectivity index (χ4v) is 8.46. The normalized spacial score (nSPS) is 16.9. The number of rotatable bonds is 30. The smallest absolute Gasteiger partial charge is 0.200 e. The minimum Gasteiger partial charge on any atom is -0.200 e. The Kier molecular flexibility index (Phi) is 21.3. The van der Waals surface area contributed by atoms with Gasteiger partial charge in [0, 0.05) is 19.3 Å². The summed E-state index contributed by atoms with van der Waals surface area (Å²) in [5.74, 6) is -186. The second kappa shape index (κ2) is 22.1. The lowest BCUT2D eigenvalue weighted by Gasteiger charge is -2.43. The molecule has 0 heterocycles. The Morgan fingerprint density at radius 1 is 0.141 bits per heavy atom. The van der Waals surface area contributed by atoms with Gasteiger partial charge in [0.25, 0.3) is 0 Å². The van der Waals surface area contributed by atoms with E-state index in [1.807, 2.05) is 0 Å². The second-order valence-electron chi connectivity index (χ2n) is 17.1.